The number of fused-ring (bicyclic) bond motifs is 6. The van der Waals surface area contributed by atoms with Gasteiger partial charge in [0.2, 0.25) is 0 Å². The van der Waals surface area contributed by atoms with E-state index in [-0.39, 0.29) is 24.8 Å². The third kappa shape index (κ3) is 8.37. The van der Waals surface area contributed by atoms with Crippen LogP contribution in [0.15, 0.2) is 144 Å². The SMILES string of the molecule is C1=CC2=C3C(=C4[CH-]CCCC4C2CC1)Cc1ccccc13.[Cl-].[Cl-].[Zr+2]=[C](Cc1ccccc1)Cc1ccccc1.c1cc[cH-]c1. The predicted octanol–water partition coefficient (Wildman–Crippen LogP) is 3.88. The molecule has 224 valence electrons. The molecule has 4 aliphatic rings. The van der Waals surface area contributed by atoms with E-state index in [0.29, 0.717) is 0 Å². The molecule has 0 aliphatic heterocycles. The molecule has 4 aromatic carbocycles. The second-order valence-corrected chi connectivity index (χ2v) is 13.6. The largest absolute Gasteiger partial charge is 0.214 e. The molecular formula is C41H40Cl2Zr-2. The Bertz CT molecular complexity index is 1500. The van der Waals surface area contributed by atoms with Crippen LogP contribution < -0.4 is 24.8 Å². The zero-order valence-corrected chi connectivity index (χ0v) is 29.2. The number of hydrogen-bond donors (Lipinski definition) is 0. The van der Waals surface area contributed by atoms with Crippen LogP contribution in [0.5, 0.6) is 0 Å². The molecule has 0 spiro atoms. The molecule has 0 radical (unpaired) electrons. The van der Waals surface area contributed by atoms with Gasteiger partial charge in [-0.25, -0.2) is 24.1 Å². The maximum Gasteiger partial charge on any atom is -0.172 e. The summed E-state index contributed by atoms with van der Waals surface area (Å²) in [5, 5.41) is 0. The second-order valence-electron chi connectivity index (χ2n) is 11.8. The van der Waals surface area contributed by atoms with Crippen molar-refractivity contribution >= 4 is 8.78 Å². The molecule has 0 saturated heterocycles. The van der Waals surface area contributed by atoms with Gasteiger partial charge < -0.3 is 24.8 Å². The Hall–Kier alpha value is -2.57. The van der Waals surface area contributed by atoms with Crippen molar-refractivity contribution in [2.24, 2.45) is 11.8 Å². The Labute approximate surface area is 291 Å². The molecule has 0 aromatic heterocycles. The minimum atomic E-state index is 0. The van der Waals surface area contributed by atoms with E-state index in [1.165, 1.54) is 48.8 Å². The Balaban J connectivity index is 0.000000171. The van der Waals surface area contributed by atoms with Gasteiger partial charge in [0.25, 0.3) is 0 Å². The Morgan fingerprint density at radius 1 is 0.727 bits per heavy atom. The molecule has 1 saturated carbocycles. The molecule has 0 heterocycles. The number of hydrogen-bond acceptors (Lipinski definition) is 0. The molecule has 4 aromatic rings. The van der Waals surface area contributed by atoms with Crippen molar-refractivity contribution in [1.82, 2.24) is 0 Å². The van der Waals surface area contributed by atoms with E-state index < -0.39 is 0 Å². The summed E-state index contributed by atoms with van der Waals surface area (Å²) in [4.78, 5) is 0. The van der Waals surface area contributed by atoms with Crippen LogP contribution >= 0.6 is 0 Å². The number of allylic oxidation sites excluding steroid dienone is 6. The van der Waals surface area contributed by atoms with E-state index in [0.717, 1.165) is 31.1 Å². The first-order valence-corrected chi connectivity index (χ1v) is 16.9. The molecule has 0 amide bonds. The van der Waals surface area contributed by atoms with Crippen LogP contribution in [-0.2, 0) is 43.5 Å². The van der Waals surface area contributed by atoms with Gasteiger partial charge in [-0.1, -0.05) is 66.0 Å². The average Bonchev–Trinajstić information content (AvgIpc) is 3.75. The summed E-state index contributed by atoms with van der Waals surface area (Å²) in [6.07, 6.45) is 17.5. The predicted molar refractivity (Wildman–Crippen MR) is 175 cm³/mol. The van der Waals surface area contributed by atoms with Crippen molar-refractivity contribution in [3.8, 4) is 0 Å². The molecule has 8 rings (SSSR count). The smallest absolute Gasteiger partial charge is 0.172 e. The number of benzene rings is 3. The maximum atomic E-state index is 2.57. The third-order valence-electron chi connectivity index (χ3n) is 8.98. The first kappa shape index (κ1) is 34.3. The monoisotopic (exact) mass is 692 g/mol. The summed E-state index contributed by atoms with van der Waals surface area (Å²) in [6.45, 7) is 0. The summed E-state index contributed by atoms with van der Waals surface area (Å²) >= 11 is 1.55. The third-order valence-corrected chi connectivity index (χ3v) is 9.85. The van der Waals surface area contributed by atoms with Crippen LogP contribution in [0.4, 0.5) is 0 Å². The zero-order valence-electron chi connectivity index (χ0n) is 25.3. The van der Waals surface area contributed by atoms with Crippen molar-refractivity contribution in [3.63, 3.8) is 0 Å². The van der Waals surface area contributed by atoms with Gasteiger partial charge in [-0.2, -0.15) is 23.8 Å². The van der Waals surface area contributed by atoms with Gasteiger partial charge in [-0.3, -0.25) is 0 Å². The van der Waals surface area contributed by atoms with E-state index in [1.54, 1.807) is 55.3 Å². The normalized spacial score (nSPS) is 18.7. The van der Waals surface area contributed by atoms with Crippen LogP contribution in [0.3, 0.4) is 0 Å². The van der Waals surface area contributed by atoms with Gasteiger partial charge in [-0.15, -0.1) is 6.42 Å². The fourth-order valence-corrected chi connectivity index (χ4v) is 8.13. The minimum absolute atomic E-state index is 0. The summed E-state index contributed by atoms with van der Waals surface area (Å²) in [6, 6.07) is 40.5. The summed E-state index contributed by atoms with van der Waals surface area (Å²) in [5.74, 6) is 1.60. The van der Waals surface area contributed by atoms with E-state index in [4.69, 9.17) is 0 Å². The van der Waals surface area contributed by atoms with Gasteiger partial charge in [0.15, 0.2) is 0 Å². The second kappa shape index (κ2) is 17.2. The summed E-state index contributed by atoms with van der Waals surface area (Å²) in [5.41, 5.74) is 12.6. The first-order valence-electron chi connectivity index (χ1n) is 15.6. The van der Waals surface area contributed by atoms with Gasteiger partial charge in [0.1, 0.15) is 0 Å². The van der Waals surface area contributed by atoms with Gasteiger partial charge in [-0.05, 0) is 36.7 Å². The molecule has 2 unspecified atom stereocenters. The molecule has 0 N–H and O–H groups in total. The van der Waals surface area contributed by atoms with Crippen LogP contribution in [0.1, 0.15) is 54.4 Å². The maximum absolute atomic E-state index is 2.57. The van der Waals surface area contributed by atoms with Crippen molar-refractivity contribution in [1.29, 1.82) is 0 Å². The van der Waals surface area contributed by atoms with Crippen molar-refractivity contribution < 1.29 is 49.0 Å². The average molecular weight is 695 g/mol. The molecule has 0 bridgehead atoms. The van der Waals surface area contributed by atoms with E-state index in [1.807, 2.05) is 30.3 Å². The number of halogens is 2. The zero-order chi connectivity index (χ0) is 28.6. The number of rotatable bonds is 4. The molecular weight excluding hydrogens is 655 g/mol. The fraction of sp³-hybridized carbons (Fsp3) is 0.244. The Morgan fingerprint density at radius 2 is 1.36 bits per heavy atom. The molecule has 3 heteroatoms. The first-order chi connectivity index (χ1) is 20.8. The molecule has 44 heavy (non-hydrogen) atoms. The fourth-order valence-electron chi connectivity index (χ4n) is 7.12. The van der Waals surface area contributed by atoms with Crippen molar-refractivity contribution in [2.75, 3.05) is 0 Å². The quantitative estimate of drug-likeness (QED) is 0.285. The van der Waals surface area contributed by atoms with Crippen molar-refractivity contribution in [2.45, 2.75) is 51.4 Å². The topological polar surface area (TPSA) is 0 Å². The standard InChI is InChI=1S/C21H21.C15H14.C5H5.2ClH.Zr/c1-2-8-15-14(7-1)13-20-18-11-4-3-9-16(18)17-10-5-6-12-19(17)21(15)20;1-3-8-14(9-4-1)12-7-13-15-10-5-2-6-11-15;1-2-4-5-3-1;;;/h1-2,6-8,11-12,16-17H,3-5,9-10,13H2;1-6,8-11H,12-13H2;1-5H;2*1H;/q-1;;-1;;;+2/p-2. The summed E-state index contributed by atoms with van der Waals surface area (Å²) < 4.78 is 1.60. The molecule has 2 atom stereocenters. The van der Waals surface area contributed by atoms with Crippen LogP contribution in [0.2, 0.25) is 0 Å². The molecule has 4 aliphatic carbocycles. The minimum Gasteiger partial charge on any atom is -0.214 e. The van der Waals surface area contributed by atoms with Crippen molar-refractivity contribution in [3.05, 3.63) is 173 Å². The van der Waals surface area contributed by atoms with E-state index in [9.17, 15) is 0 Å². The van der Waals surface area contributed by atoms with Crippen LogP contribution in [-0.4, -0.2) is 3.21 Å². The van der Waals surface area contributed by atoms with E-state index >= 15 is 0 Å². The summed E-state index contributed by atoms with van der Waals surface area (Å²) in [7, 11) is 0. The van der Waals surface area contributed by atoms with Gasteiger partial charge in [0.05, 0.1) is 0 Å². The van der Waals surface area contributed by atoms with E-state index in [2.05, 4.69) is 104 Å². The molecule has 1 fully saturated rings. The van der Waals surface area contributed by atoms with Gasteiger partial charge >= 0.3 is 112 Å². The molecule has 0 nitrogen and oxygen atoms in total. The Kier molecular flexibility index (Phi) is 13.4. The Morgan fingerprint density at radius 3 is 2.00 bits per heavy atom. The van der Waals surface area contributed by atoms with Crippen LogP contribution in [0, 0.1) is 18.3 Å². The van der Waals surface area contributed by atoms with Gasteiger partial charge in [0, 0.05) is 0 Å². The van der Waals surface area contributed by atoms with Crippen LogP contribution in [0.25, 0.3) is 5.57 Å².